The van der Waals surface area contributed by atoms with E-state index in [9.17, 15) is 43.5 Å². The zero-order valence-electron chi connectivity index (χ0n) is 78.7. The van der Waals surface area contributed by atoms with Gasteiger partial charge in [0.2, 0.25) is 0 Å². The number of phosphoric ester groups is 2. The molecule has 0 saturated heterocycles. The van der Waals surface area contributed by atoms with Gasteiger partial charge in [0.05, 0.1) is 26.4 Å². The van der Waals surface area contributed by atoms with Gasteiger partial charge in [-0.2, -0.15) is 0 Å². The summed E-state index contributed by atoms with van der Waals surface area (Å²) >= 11 is 0. The van der Waals surface area contributed by atoms with E-state index < -0.39 is 91.5 Å². The predicted octanol–water partition coefficient (Wildman–Crippen LogP) is 31.1. The Hall–Kier alpha value is -5.87. The molecule has 16 nitrogen and oxygen atoms in total. The minimum Gasteiger partial charge on any atom is -0.463 e. The highest BCUT2D eigenvalue weighted by Crippen LogP contribution is 2.45. The lowest BCUT2D eigenvalue weighted by molar-refractivity contribution is -0.161. The second kappa shape index (κ2) is 97.2. The number of rotatable bonds is 92. The first-order valence-corrected chi connectivity index (χ1v) is 52.4. The number of hydrogen-bond acceptors (Lipinski definition) is 14. The first kappa shape index (κ1) is 119. The Morgan fingerprint density at radius 1 is 0.224 bits per heavy atom. The summed E-state index contributed by atoms with van der Waals surface area (Å²) in [6.45, 7) is 2.36. The number of esters is 3. The molecule has 0 spiro atoms. The van der Waals surface area contributed by atoms with E-state index in [1.165, 1.54) is 135 Å². The second-order valence-corrected chi connectivity index (χ2v) is 35.3. The van der Waals surface area contributed by atoms with Gasteiger partial charge in [-0.05, 0) is 167 Å². The van der Waals surface area contributed by atoms with Gasteiger partial charge in [0.25, 0.3) is 0 Å². The van der Waals surface area contributed by atoms with Gasteiger partial charge >= 0.3 is 33.6 Å². The molecular weight excluding hydrogens is 1600 g/mol. The normalized spacial score (nSPS) is 14.6. The van der Waals surface area contributed by atoms with Crippen molar-refractivity contribution in [2.75, 3.05) is 39.6 Å². The molecule has 0 aliphatic heterocycles. The van der Waals surface area contributed by atoms with Crippen LogP contribution in [-0.4, -0.2) is 95.9 Å². The van der Waals surface area contributed by atoms with Crippen molar-refractivity contribution in [2.45, 2.75) is 411 Å². The number of hydrogen-bond donors (Lipinski definition) is 4. The average molecular weight is 1780 g/mol. The molecule has 0 aromatic carbocycles. The number of unbranched alkanes of at least 4 members (excludes halogenated alkanes) is 35. The van der Waals surface area contributed by atoms with E-state index in [2.05, 4.69) is 227 Å². The Bertz CT molecular complexity index is 3100. The van der Waals surface area contributed by atoms with E-state index in [-0.39, 0.29) is 19.3 Å². The first-order chi connectivity index (χ1) is 61.2. The molecule has 0 heterocycles. The van der Waals surface area contributed by atoms with Crippen LogP contribution in [0.4, 0.5) is 0 Å². The standard InChI is InChI=1S/C107H178O16P2/c1-4-7-10-13-16-19-22-25-28-31-34-37-40-43-45-47-48-49-50-51-52-54-56-58-60-63-66-69-72-75-78-81-84-87-90-93-105(110)117-96-102(108)97-119-124(113,114)120-98-103(109)99-121-125(115,116)122-101-104(123-107(112)95-92-89-86-83-80-77-74-71-68-65-62-57-42-39-36-33-30-27-24-21-18-15-12-9-6-3)100-118-106(111)94-91-88-85-82-79-76-73-70-67-64-61-59-55-53-46-44-41-38-35-32-29-26-23-20-17-14-11-8-5-2/h7-12,16-21,25-30,34-39,43-46,55,57,59,62,68,71,102-104,108-109H,4-6,13-15,22-24,31-33,40-42,47-54,56,58,60-61,63-67,69-70,72-101H2,1-3H3,(H,113,114)(H,115,116)/b10-7-,11-8-,12-9-,19-16-,20-17-,21-18-,28-25-,29-26-,30-27-,37-34-,38-35-,39-36-,45-43-,46-44-,59-55-,62-57-,71-68-. The van der Waals surface area contributed by atoms with Gasteiger partial charge in [-0.15, -0.1) is 0 Å². The number of aliphatic hydroxyl groups is 2. The largest absolute Gasteiger partial charge is 0.472 e. The Balaban J connectivity index is 4.61. The molecule has 0 saturated carbocycles. The molecule has 0 radical (unpaired) electrons. The van der Waals surface area contributed by atoms with Crippen molar-refractivity contribution < 1.29 is 75.8 Å². The molecule has 4 N–H and O–H groups in total. The number of carbonyl (C=O) groups is 3. The average Bonchev–Trinajstić information content (AvgIpc) is 0.909. The van der Waals surface area contributed by atoms with Crippen molar-refractivity contribution >= 4 is 33.6 Å². The molecule has 5 unspecified atom stereocenters. The zero-order valence-corrected chi connectivity index (χ0v) is 80.5. The fourth-order valence-electron chi connectivity index (χ4n) is 13.1. The number of allylic oxidation sites excluding steroid dienone is 34. The van der Waals surface area contributed by atoms with Crippen LogP contribution in [0.25, 0.3) is 0 Å². The smallest absolute Gasteiger partial charge is 0.463 e. The van der Waals surface area contributed by atoms with Gasteiger partial charge in [0, 0.05) is 19.3 Å². The van der Waals surface area contributed by atoms with Crippen molar-refractivity contribution in [2.24, 2.45) is 0 Å². The fraction of sp³-hybridized carbons (Fsp3) is 0.654. The van der Waals surface area contributed by atoms with Crippen LogP contribution in [0.5, 0.6) is 0 Å². The monoisotopic (exact) mass is 1780 g/mol. The minimum atomic E-state index is -4.96. The van der Waals surface area contributed by atoms with Gasteiger partial charge in [-0.1, -0.05) is 414 Å². The van der Waals surface area contributed by atoms with Gasteiger partial charge < -0.3 is 34.2 Å². The van der Waals surface area contributed by atoms with E-state index in [1.54, 1.807) is 0 Å². The maximum absolute atomic E-state index is 13.1. The maximum atomic E-state index is 13.1. The molecule has 0 aliphatic carbocycles. The van der Waals surface area contributed by atoms with Gasteiger partial charge in [-0.25, -0.2) is 9.13 Å². The highest BCUT2D eigenvalue weighted by molar-refractivity contribution is 7.47. The molecule has 5 atom stereocenters. The van der Waals surface area contributed by atoms with Crippen LogP contribution in [0.2, 0.25) is 0 Å². The quantitative estimate of drug-likeness (QED) is 0.0146. The van der Waals surface area contributed by atoms with Crippen LogP contribution in [0, 0.1) is 0 Å². The number of aliphatic hydroxyl groups excluding tert-OH is 2. The molecule has 0 fully saturated rings. The van der Waals surface area contributed by atoms with Crippen molar-refractivity contribution in [3.63, 3.8) is 0 Å². The van der Waals surface area contributed by atoms with Crippen LogP contribution < -0.4 is 0 Å². The summed E-state index contributed by atoms with van der Waals surface area (Å²) in [5.41, 5.74) is 0. The number of carbonyl (C=O) groups excluding carboxylic acids is 3. The predicted molar refractivity (Wildman–Crippen MR) is 527 cm³/mol. The lowest BCUT2D eigenvalue weighted by Gasteiger charge is -2.21. The summed E-state index contributed by atoms with van der Waals surface area (Å²) in [6, 6.07) is 0. The molecule has 0 rings (SSSR count). The molecule has 712 valence electrons. The highest BCUT2D eigenvalue weighted by Gasteiger charge is 2.30. The van der Waals surface area contributed by atoms with E-state index in [0.29, 0.717) is 19.3 Å². The number of ether oxygens (including phenoxy) is 3. The molecule has 18 heteroatoms. The Labute approximate surface area is 762 Å². The van der Waals surface area contributed by atoms with Gasteiger partial charge in [-0.3, -0.25) is 32.5 Å². The molecule has 0 aliphatic rings. The van der Waals surface area contributed by atoms with Crippen LogP contribution in [-0.2, 0) is 55.8 Å². The lowest BCUT2D eigenvalue weighted by atomic mass is 10.0. The van der Waals surface area contributed by atoms with E-state index in [4.69, 9.17) is 32.3 Å². The summed E-state index contributed by atoms with van der Waals surface area (Å²) in [5, 5.41) is 20.8. The highest BCUT2D eigenvalue weighted by atomic mass is 31.2. The molecule has 0 bridgehead atoms. The van der Waals surface area contributed by atoms with E-state index >= 15 is 0 Å². The molecule has 0 aromatic rings. The molecule has 0 amide bonds. The van der Waals surface area contributed by atoms with Crippen LogP contribution >= 0.6 is 15.6 Å². The summed E-state index contributed by atoms with van der Waals surface area (Å²) < 4.78 is 61.6. The summed E-state index contributed by atoms with van der Waals surface area (Å²) in [5.74, 6) is -1.59. The molecular formula is C107H178O16P2. The first-order valence-electron chi connectivity index (χ1n) is 49.4. The third-order valence-corrected chi connectivity index (χ3v) is 22.4. The Morgan fingerprint density at radius 2 is 0.400 bits per heavy atom. The SMILES string of the molecule is CC/C=C\C/C=C\C/C=C\C/C=C\C/C=C\C/C=C\CCCCCCCCCCCCC(=O)OCC(COP(=O)(O)OCC(O)COP(=O)(O)OCC(O)COC(=O)CCCCCCCCCCCCCCCCCCCCC/C=C\C/C=C\C/C=C\C/C=C\C/C=C\CC)OC(=O)CCCCCCCC/C=C\C/C=C\C/C=C\C/C=C\C/C=C\C/C=C\CC. The summed E-state index contributed by atoms with van der Waals surface area (Å²) in [7, 11) is -9.83. The Kier molecular flexibility index (Phi) is 92.6. The van der Waals surface area contributed by atoms with Crippen LogP contribution in [0.15, 0.2) is 207 Å². The fourth-order valence-corrected chi connectivity index (χ4v) is 14.7. The Morgan fingerprint density at radius 3 is 0.632 bits per heavy atom. The van der Waals surface area contributed by atoms with Crippen LogP contribution in [0.3, 0.4) is 0 Å². The summed E-state index contributed by atoms with van der Waals surface area (Å²) in [6.07, 6.45) is 132. The molecule has 0 aromatic heterocycles. The minimum absolute atomic E-state index is 0.0793. The lowest BCUT2D eigenvalue weighted by Crippen LogP contribution is -2.30. The third-order valence-electron chi connectivity index (χ3n) is 20.5. The van der Waals surface area contributed by atoms with Gasteiger partial charge in [0.1, 0.15) is 25.4 Å². The number of phosphoric acid groups is 2. The van der Waals surface area contributed by atoms with Crippen molar-refractivity contribution in [3.05, 3.63) is 207 Å². The maximum Gasteiger partial charge on any atom is 0.472 e. The van der Waals surface area contributed by atoms with Crippen LogP contribution in [0.1, 0.15) is 393 Å². The van der Waals surface area contributed by atoms with E-state index in [1.807, 2.05) is 0 Å². The van der Waals surface area contributed by atoms with Crippen molar-refractivity contribution in [1.29, 1.82) is 0 Å². The summed E-state index contributed by atoms with van der Waals surface area (Å²) in [4.78, 5) is 59.1. The third kappa shape index (κ3) is 98.6. The molecule has 125 heavy (non-hydrogen) atoms. The van der Waals surface area contributed by atoms with E-state index in [0.717, 1.165) is 199 Å². The van der Waals surface area contributed by atoms with Gasteiger partial charge in [0.15, 0.2) is 6.10 Å². The van der Waals surface area contributed by atoms with Crippen molar-refractivity contribution in [1.82, 2.24) is 0 Å². The van der Waals surface area contributed by atoms with Crippen molar-refractivity contribution in [3.8, 4) is 0 Å². The zero-order chi connectivity index (χ0) is 90.7. The topological polar surface area (TPSA) is 231 Å². The second-order valence-electron chi connectivity index (χ2n) is 32.4.